The van der Waals surface area contributed by atoms with Gasteiger partial charge in [-0.15, -0.1) is 10.2 Å². The fourth-order valence-electron chi connectivity index (χ4n) is 2.74. The van der Waals surface area contributed by atoms with Gasteiger partial charge in [0.1, 0.15) is 5.75 Å². The maximum Gasteiger partial charge on any atom is 0.248 e. The van der Waals surface area contributed by atoms with Gasteiger partial charge in [0, 0.05) is 16.8 Å². The van der Waals surface area contributed by atoms with Crippen molar-refractivity contribution in [2.75, 3.05) is 11.9 Å². The lowest BCUT2D eigenvalue weighted by Crippen LogP contribution is -2.15. The maximum atomic E-state index is 12.1. The van der Waals surface area contributed by atoms with E-state index in [1.807, 2.05) is 72.8 Å². The van der Waals surface area contributed by atoms with E-state index in [9.17, 15) is 4.79 Å². The van der Waals surface area contributed by atoms with E-state index in [-0.39, 0.29) is 12.3 Å². The smallest absolute Gasteiger partial charge is 0.248 e. The Morgan fingerprint density at radius 3 is 2.03 bits per heavy atom. The molecule has 3 aromatic carbocycles. The molecule has 6 heteroatoms. The molecular formula is C23H19N3O3. The average Bonchev–Trinajstić information content (AvgIpc) is 3.26. The zero-order valence-corrected chi connectivity index (χ0v) is 15.6. The van der Waals surface area contributed by atoms with Gasteiger partial charge in [-0.05, 0) is 48.5 Å². The predicted molar refractivity (Wildman–Crippen MR) is 110 cm³/mol. The second kappa shape index (κ2) is 8.84. The van der Waals surface area contributed by atoms with Crippen LogP contribution in [0.5, 0.6) is 5.75 Å². The number of ether oxygens (including phenoxy) is 1. The first kappa shape index (κ1) is 18.4. The van der Waals surface area contributed by atoms with Crippen molar-refractivity contribution in [2.24, 2.45) is 0 Å². The summed E-state index contributed by atoms with van der Waals surface area (Å²) in [4.78, 5) is 12.1. The summed E-state index contributed by atoms with van der Waals surface area (Å²) in [6.45, 7) is 0.318. The largest absolute Gasteiger partial charge is 0.493 e. The van der Waals surface area contributed by atoms with E-state index >= 15 is 0 Å². The van der Waals surface area contributed by atoms with Crippen LogP contribution >= 0.6 is 0 Å². The highest BCUT2D eigenvalue weighted by molar-refractivity contribution is 5.91. The lowest BCUT2D eigenvalue weighted by atomic mass is 10.2. The van der Waals surface area contributed by atoms with Crippen LogP contribution in [0.25, 0.3) is 22.9 Å². The molecule has 0 atom stereocenters. The quantitative estimate of drug-likeness (QED) is 0.494. The molecule has 1 amide bonds. The molecule has 29 heavy (non-hydrogen) atoms. The van der Waals surface area contributed by atoms with Crippen molar-refractivity contribution >= 4 is 11.6 Å². The van der Waals surface area contributed by atoms with Crippen molar-refractivity contribution in [3.05, 3.63) is 84.9 Å². The Morgan fingerprint density at radius 2 is 1.38 bits per heavy atom. The normalized spacial score (nSPS) is 10.5. The molecule has 4 aromatic rings. The van der Waals surface area contributed by atoms with Gasteiger partial charge in [-0.2, -0.15) is 0 Å². The number of aromatic nitrogens is 2. The standard InChI is InChI=1S/C23H19N3O3/c27-21(15-16-28-20-9-5-2-6-10-20)24-19-13-11-18(12-14-19)23-26-25-22(29-23)17-7-3-1-4-8-17/h1-14H,15-16H2,(H,24,27). The summed E-state index contributed by atoms with van der Waals surface area (Å²) < 4.78 is 11.3. The van der Waals surface area contributed by atoms with Gasteiger partial charge in [0.05, 0.1) is 13.0 Å². The number of carbonyl (C=O) groups is 1. The number of amides is 1. The summed E-state index contributed by atoms with van der Waals surface area (Å²) in [5.74, 6) is 1.53. The lowest BCUT2D eigenvalue weighted by molar-refractivity contribution is -0.116. The Morgan fingerprint density at radius 1 is 0.793 bits per heavy atom. The first-order valence-electron chi connectivity index (χ1n) is 9.25. The van der Waals surface area contributed by atoms with Gasteiger partial charge < -0.3 is 14.5 Å². The predicted octanol–water partition coefficient (Wildman–Crippen LogP) is 4.81. The number of rotatable bonds is 7. The third kappa shape index (κ3) is 4.87. The average molecular weight is 385 g/mol. The van der Waals surface area contributed by atoms with Crippen LogP contribution in [-0.4, -0.2) is 22.7 Å². The molecule has 0 aliphatic carbocycles. The van der Waals surface area contributed by atoms with Crippen LogP contribution in [0.1, 0.15) is 6.42 Å². The highest BCUT2D eigenvalue weighted by Gasteiger charge is 2.10. The molecule has 0 saturated carbocycles. The van der Waals surface area contributed by atoms with Crippen molar-refractivity contribution in [3.63, 3.8) is 0 Å². The molecule has 0 fully saturated rings. The Balaban J connectivity index is 1.32. The molecule has 1 heterocycles. The van der Waals surface area contributed by atoms with E-state index in [2.05, 4.69) is 15.5 Å². The third-order valence-electron chi connectivity index (χ3n) is 4.20. The summed E-state index contributed by atoms with van der Waals surface area (Å²) in [5.41, 5.74) is 2.35. The molecule has 0 radical (unpaired) electrons. The van der Waals surface area contributed by atoms with Gasteiger partial charge in [-0.1, -0.05) is 36.4 Å². The molecule has 0 spiro atoms. The Hall–Kier alpha value is -3.93. The van der Waals surface area contributed by atoms with E-state index in [0.29, 0.717) is 24.1 Å². The molecule has 0 saturated heterocycles. The van der Waals surface area contributed by atoms with Crippen molar-refractivity contribution in [3.8, 4) is 28.7 Å². The van der Waals surface area contributed by atoms with Gasteiger partial charge in [-0.25, -0.2) is 0 Å². The topological polar surface area (TPSA) is 77.2 Å². The molecule has 0 aliphatic heterocycles. The third-order valence-corrected chi connectivity index (χ3v) is 4.20. The molecule has 0 unspecified atom stereocenters. The number of nitrogens with one attached hydrogen (secondary N) is 1. The van der Waals surface area contributed by atoms with Gasteiger partial charge >= 0.3 is 0 Å². The number of hydrogen-bond acceptors (Lipinski definition) is 5. The second-order valence-corrected chi connectivity index (χ2v) is 6.32. The molecule has 1 aromatic heterocycles. The fraction of sp³-hybridized carbons (Fsp3) is 0.0870. The van der Waals surface area contributed by atoms with Crippen LogP contribution < -0.4 is 10.1 Å². The SMILES string of the molecule is O=C(CCOc1ccccc1)Nc1ccc(-c2nnc(-c3ccccc3)o2)cc1. The Bertz CT molecular complexity index is 1060. The van der Waals surface area contributed by atoms with Crippen LogP contribution in [0.15, 0.2) is 89.3 Å². The minimum Gasteiger partial charge on any atom is -0.493 e. The Kier molecular flexibility index (Phi) is 5.62. The van der Waals surface area contributed by atoms with Gasteiger partial charge in [0.2, 0.25) is 17.7 Å². The molecule has 0 bridgehead atoms. The summed E-state index contributed by atoms with van der Waals surface area (Å²) in [7, 11) is 0. The van der Waals surface area contributed by atoms with E-state index < -0.39 is 0 Å². The van der Waals surface area contributed by atoms with E-state index in [4.69, 9.17) is 9.15 Å². The first-order valence-corrected chi connectivity index (χ1v) is 9.25. The molecule has 4 rings (SSSR count). The molecule has 144 valence electrons. The zero-order valence-electron chi connectivity index (χ0n) is 15.6. The van der Waals surface area contributed by atoms with Gasteiger partial charge in [0.25, 0.3) is 0 Å². The van der Waals surface area contributed by atoms with Crippen LogP contribution in [-0.2, 0) is 4.79 Å². The number of anilines is 1. The van der Waals surface area contributed by atoms with Gasteiger partial charge in [0.15, 0.2) is 0 Å². The number of para-hydroxylation sites is 1. The van der Waals surface area contributed by atoms with Gasteiger partial charge in [-0.3, -0.25) is 4.79 Å². The van der Waals surface area contributed by atoms with Crippen LogP contribution in [0, 0.1) is 0 Å². The summed E-state index contributed by atoms with van der Waals surface area (Å²) in [6.07, 6.45) is 0.265. The van der Waals surface area contributed by atoms with Crippen molar-refractivity contribution in [1.82, 2.24) is 10.2 Å². The molecule has 6 nitrogen and oxygen atoms in total. The fourth-order valence-corrected chi connectivity index (χ4v) is 2.74. The molecule has 1 N–H and O–H groups in total. The lowest BCUT2D eigenvalue weighted by Gasteiger charge is -2.07. The second-order valence-electron chi connectivity index (χ2n) is 6.32. The monoisotopic (exact) mass is 385 g/mol. The van der Waals surface area contributed by atoms with Crippen LogP contribution in [0.2, 0.25) is 0 Å². The number of benzene rings is 3. The molecular weight excluding hydrogens is 366 g/mol. The number of carbonyl (C=O) groups excluding carboxylic acids is 1. The van der Waals surface area contributed by atoms with Crippen molar-refractivity contribution in [1.29, 1.82) is 0 Å². The minimum atomic E-state index is -0.113. The summed E-state index contributed by atoms with van der Waals surface area (Å²) in [6, 6.07) is 26.3. The minimum absolute atomic E-state index is 0.113. The maximum absolute atomic E-state index is 12.1. The summed E-state index contributed by atoms with van der Waals surface area (Å²) in [5, 5.41) is 11.0. The number of nitrogens with zero attached hydrogens (tertiary/aromatic N) is 2. The van der Waals surface area contributed by atoms with Crippen molar-refractivity contribution < 1.29 is 13.9 Å². The van der Waals surface area contributed by atoms with E-state index in [1.165, 1.54) is 0 Å². The highest BCUT2D eigenvalue weighted by atomic mass is 16.5. The molecule has 0 aliphatic rings. The Labute approximate surface area is 168 Å². The van der Waals surface area contributed by atoms with Crippen molar-refractivity contribution in [2.45, 2.75) is 6.42 Å². The highest BCUT2D eigenvalue weighted by Crippen LogP contribution is 2.24. The van der Waals surface area contributed by atoms with E-state index in [0.717, 1.165) is 16.9 Å². The van der Waals surface area contributed by atoms with Crippen LogP contribution in [0.4, 0.5) is 5.69 Å². The zero-order chi connectivity index (χ0) is 19.9. The first-order chi connectivity index (χ1) is 14.3. The summed E-state index contributed by atoms with van der Waals surface area (Å²) >= 11 is 0. The number of hydrogen-bond donors (Lipinski definition) is 1. The van der Waals surface area contributed by atoms with Crippen LogP contribution in [0.3, 0.4) is 0 Å². The van der Waals surface area contributed by atoms with E-state index in [1.54, 1.807) is 12.1 Å².